The third-order valence-corrected chi connectivity index (χ3v) is 10.2. The molecule has 0 fully saturated rings. The minimum Gasteiger partial charge on any atom is -0.355 e. The van der Waals surface area contributed by atoms with Gasteiger partial charge in [0.15, 0.2) is 0 Å². The van der Waals surface area contributed by atoms with E-state index in [1.165, 1.54) is 23.1 Å². The summed E-state index contributed by atoms with van der Waals surface area (Å²) in [4.78, 5) is 29.5. The monoisotopic (exact) mass is 685 g/mol. The van der Waals surface area contributed by atoms with E-state index in [2.05, 4.69) is 5.32 Å². The summed E-state index contributed by atoms with van der Waals surface area (Å²) in [5, 5.41) is 3.79. The van der Waals surface area contributed by atoms with E-state index in [1.807, 2.05) is 37.3 Å². The Bertz CT molecular complexity index is 1750. The second kappa shape index (κ2) is 15.1. The molecule has 4 rings (SSSR count). The van der Waals surface area contributed by atoms with Crippen molar-refractivity contribution in [1.82, 2.24) is 10.2 Å². The first-order valence-corrected chi connectivity index (χ1v) is 16.9. The van der Waals surface area contributed by atoms with E-state index in [0.717, 1.165) is 21.0 Å². The zero-order valence-corrected chi connectivity index (χ0v) is 28.2. The van der Waals surface area contributed by atoms with Crippen LogP contribution in [0.15, 0.2) is 95.9 Å². The zero-order valence-electron chi connectivity index (χ0n) is 25.1. The third-order valence-electron chi connectivity index (χ3n) is 7.34. The van der Waals surface area contributed by atoms with Gasteiger partial charge in [-0.05, 0) is 68.3 Å². The number of hydrogen-bond acceptors (Lipinski definition) is 4. The lowest BCUT2D eigenvalue weighted by atomic mass is 10.0. The second-order valence-corrected chi connectivity index (χ2v) is 13.7. The van der Waals surface area contributed by atoms with Gasteiger partial charge in [-0.3, -0.25) is 13.9 Å². The molecule has 0 aliphatic carbocycles. The van der Waals surface area contributed by atoms with Crippen LogP contribution in [0.25, 0.3) is 0 Å². The molecule has 1 atom stereocenters. The molecule has 0 saturated heterocycles. The van der Waals surface area contributed by atoms with Gasteiger partial charge >= 0.3 is 0 Å². The van der Waals surface area contributed by atoms with Crippen LogP contribution in [0.4, 0.5) is 5.69 Å². The number of aryl methyl sites for hydroxylation is 2. The van der Waals surface area contributed by atoms with Gasteiger partial charge in [0, 0.05) is 40.1 Å². The van der Waals surface area contributed by atoms with E-state index in [0.29, 0.717) is 27.2 Å². The molecule has 4 aromatic carbocycles. The molecule has 236 valence electrons. The molecular weight excluding hydrogens is 653 g/mol. The first kappa shape index (κ1) is 34.3. The molecule has 11 heteroatoms. The first-order valence-electron chi connectivity index (χ1n) is 14.3. The largest absolute Gasteiger partial charge is 0.355 e. The molecule has 0 heterocycles. The molecule has 0 aliphatic rings. The van der Waals surface area contributed by atoms with Crippen molar-refractivity contribution in [3.63, 3.8) is 0 Å². The lowest BCUT2D eigenvalue weighted by Crippen LogP contribution is -2.53. The maximum atomic E-state index is 14.5. The Labute approximate surface area is 279 Å². The third kappa shape index (κ3) is 8.38. The number of nitrogens with one attached hydrogen (secondary N) is 1. The number of likely N-dealkylation sites (N-methyl/N-ethyl adjacent to an activating group) is 1. The summed E-state index contributed by atoms with van der Waals surface area (Å²) >= 11 is 19.5. The van der Waals surface area contributed by atoms with Gasteiger partial charge in [-0.15, -0.1) is 0 Å². The van der Waals surface area contributed by atoms with E-state index < -0.39 is 34.4 Å². The van der Waals surface area contributed by atoms with Crippen molar-refractivity contribution < 1.29 is 18.0 Å². The zero-order chi connectivity index (χ0) is 32.7. The molecule has 0 unspecified atom stereocenters. The second-order valence-electron chi connectivity index (χ2n) is 10.6. The fraction of sp³-hybridized carbons (Fsp3) is 0.235. The normalized spacial score (nSPS) is 12.0. The Hall–Kier alpha value is -3.56. The lowest BCUT2D eigenvalue weighted by molar-refractivity contribution is -0.140. The van der Waals surface area contributed by atoms with Crippen molar-refractivity contribution >= 4 is 62.3 Å². The number of amides is 2. The van der Waals surface area contributed by atoms with E-state index in [4.69, 9.17) is 34.8 Å². The summed E-state index contributed by atoms with van der Waals surface area (Å²) in [6, 6.07) is 24.4. The van der Waals surface area contributed by atoms with Gasteiger partial charge in [-0.1, -0.05) is 95.0 Å². The fourth-order valence-corrected chi connectivity index (χ4v) is 6.90. The van der Waals surface area contributed by atoms with E-state index in [9.17, 15) is 18.0 Å². The number of carbonyl (C=O) groups is 2. The molecule has 0 saturated carbocycles. The van der Waals surface area contributed by atoms with Crippen LogP contribution >= 0.6 is 34.8 Å². The standard InChI is InChI=1S/C34H34Cl3N3O4S/c1-4-38-34(42)32(19-25-9-6-5-7-10-25)39(21-28-29(35)11-8-12-30(28)36)33(41)22-40(26-16-15-24(3)31(37)20-26)45(43,44)27-17-13-23(2)14-18-27/h5-18,20,32H,4,19,21-22H2,1-3H3,(H,38,42)/t32-/m1/s1. The lowest BCUT2D eigenvalue weighted by Gasteiger charge is -2.34. The maximum absolute atomic E-state index is 14.5. The van der Waals surface area contributed by atoms with Crippen molar-refractivity contribution in [2.75, 3.05) is 17.4 Å². The van der Waals surface area contributed by atoms with Crippen LogP contribution in [0.5, 0.6) is 0 Å². The minimum absolute atomic E-state index is 0.00265. The van der Waals surface area contributed by atoms with Crippen molar-refractivity contribution in [2.45, 2.75) is 44.7 Å². The highest BCUT2D eigenvalue weighted by Crippen LogP contribution is 2.30. The first-order chi connectivity index (χ1) is 21.4. The fourth-order valence-electron chi connectivity index (χ4n) is 4.80. The summed E-state index contributed by atoms with van der Waals surface area (Å²) in [5.74, 6) is -1.03. The molecule has 4 aromatic rings. The molecule has 7 nitrogen and oxygen atoms in total. The SMILES string of the molecule is CCNC(=O)[C@@H](Cc1ccccc1)N(Cc1c(Cl)cccc1Cl)C(=O)CN(c1ccc(C)c(Cl)c1)S(=O)(=O)c1ccc(C)cc1. The number of carbonyl (C=O) groups excluding carboxylic acids is 2. The van der Waals surface area contributed by atoms with Gasteiger partial charge in [-0.2, -0.15) is 0 Å². The van der Waals surface area contributed by atoms with Crippen LogP contribution in [0.1, 0.15) is 29.2 Å². The van der Waals surface area contributed by atoms with Crippen molar-refractivity contribution in [3.05, 3.63) is 128 Å². The van der Waals surface area contributed by atoms with E-state index in [-0.39, 0.29) is 23.5 Å². The molecule has 0 aromatic heterocycles. The van der Waals surface area contributed by atoms with Crippen LogP contribution in [-0.4, -0.2) is 44.3 Å². The van der Waals surface area contributed by atoms with Gasteiger partial charge in [0.1, 0.15) is 12.6 Å². The predicted molar refractivity (Wildman–Crippen MR) is 182 cm³/mol. The van der Waals surface area contributed by atoms with Crippen LogP contribution in [-0.2, 0) is 32.6 Å². The Morgan fingerprint density at radius 2 is 1.47 bits per heavy atom. The summed E-state index contributed by atoms with van der Waals surface area (Å²) in [6.45, 7) is 5.00. The average molecular weight is 687 g/mol. The number of hydrogen-bond donors (Lipinski definition) is 1. The molecular formula is C34H34Cl3N3O4S. The number of benzene rings is 4. The van der Waals surface area contributed by atoms with Crippen LogP contribution in [0.2, 0.25) is 15.1 Å². The Kier molecular flexibility index (Phi) is 11.6. The number of sulfonamides is 1. The number of nitrogens with zero attached hydrogens (tertiary/aromatic N) is 2. The van der Waals surface area contributed by atoms with Crippen LogP contribution < -0.4 is 9.62 Å². The predicted octanol–water partition coefficient (Wildman–Crippen LogP) is 7.24. The Morgan fingerprint density at radius 3 is 2.07 bits per heavy atom. The van der Waals surface area contributed by atoms with Gasteiger partial charge in [0.05, 0.1) is 10.6 Å². The Balaban J connectivity index is 1.84. The highest BCUT2D eigenvalue weighted by atomic mass is 35.5. The highest BCUT2D eigenvalue weighted by Gasteiger charge is 2.35. The van der Waals surface area contributed by atoms with Crippen molar-refractivity contribution in [3.8, 4) is 0 Å². The maximum Gasteiger partial charge on any atom is 0.264 e. The summed E-state index contributed by atoms with van der Waals surface area (Å²) < 4.78 is 29.3. The van der Waals surface area contributed by atoms with Crippen LogP contribution in [0.3, 0.4) is 0 Å². The topological polar surface area (TPSA) is 86.8 Å². The van der Waals surface area contributed by atoms with Crippen molar-refractivity contribution in [1.29, 1.82) is 0 Å². The molecule has 0 radical (unpaired) electrons. The minimum atomic E-state index is -4.26. The number of anilines is 1. The molecule has 0 bridgehead atoms. The average Bonchev–Trinajstić information content (AvgIpc) is 3.01. The Morgan fingerprint density at radius 1 is 0.822 bits per heavy atom. The van der Waals surface area contributed by atoms with Gasteiger partial charge in [0.25, 0.3) is 10.0 Å². The quantitative estimate of drug-likeness (QED) is 0.170. The van der Waals surface area contributed by atoms with Crippen LogP contribution in [0, 0.1) is 13.8 Å². The molecule has 1 N–H and O–H groups in total. The molecule has 2 amide bonds. The molecule has 45 heavy (non-hydrogen) atoms. The van der Waals surface area contributed by atoms with E-state index >= 15 is 0 Å². The number of halogens is 3. The smallest absolute Gasteiger partial charge is 0.264 e. The van der Waals surface area contributed by atoms with Gasteiger partial charge < -0.3 is 10.2 Å². The van der Waals surface area contributed by atoms with Gasteiger partial charge in [-0.25, -0.2) is 8.42 Å². The van der Waals surface area contributed by atoms with E-state index in [1.54, 1.807) is 56.3 Å². The number of rotatable bonds is 12. The summed E-state index contributed by atoms with van der Waals surface area (Å²) in [6.07, 6.45) is 0.168. The molecule has 0 aliphatic heterocycles. The molecule has 0 spiro atoms. The van der Waals surface area contributed by atoms with Gasteiger partial charge in [0.2, 0.25) is 11.8 Å². The van der Waals surface area contributed by atoms with Crippen molar-refractivity contribution in [2.24, 2.45) is 0 Å². The summed E-state index contributed by atoms with van der Waals surface area (Å²) in [7, 11) is -4.26. The highest BCUT2D eigenvalue weighted by molar-refractivity contribution is 7.92. The summed E-state index contributed by atoms with van der Waals surface area (Å²) in [5.41, 5.74) is 3.07.